The third kappa shape index (κ3) is 3.08. The van der Waals surface area contributed by atoms with Crippen molar-refractivity contribution in [1.82, 2.24) is 0 Å². The molecule has 18 heavy (non-hydrogen) atoms. The SMILES string of the molecule is N#Cc1ccc(OCCc2ccccc2F)cc1. The first-order chi connectivity index (χ1) is 8.79. The molecule has 0 heterocycles. The molecule has 0 saturated carbocycles. The summed E-state index contributed by atoms with van der Waals surface area (Å²) < 4.78 is 18.8. The first kappa shape index (κ1) is 12.1. The molecule has 0 saturated heterocycles. The predicted molar refractivity (Wildman–Crippen MR) is 66.8 cm³/mol. The van der Waals surface area contributed by atoms with Gasteiger partial charge in [-0.1, -0.05) is 18.2 Å². The van der Waals surface area contributed by atoms with E-state index < -0.39 is 0 Å². The zero-order chi connectivity index (χ0) is 12.8. The number of benzene rings is 2. The van der Waals surface area contributed by atoms with E-state index in [0.717, 1.165) is 0 Å². The Morgan fingerprint density at radius 3 is 2.44 bits per heavy atom. The van der Waals surface area contributed by atoms with Gasteiger partial charge in [0.05, 0.1) is 18.2 Å². The summed E-state index contributed by atoms with van der Waals surface area (Å²) in [5.41, 5.74) is 1.24. The molecule has 0 bridgehead atoms. The summed E-state index contributed by atoms with van der Waals surface area (Å²) in [5.74, 6) is 0.478. The third-order valence-electron chi connectivity index (χ3n) is 2.58. The number of halogens is 1. The van der Waals surface area contributed by atoms with Crippen LogP contribution < -0.4 is 4.74 Å². The summed E-state index contributed by atoms with van der Waals surface area (Å²) in [6.45, 7) is 0.410. The largest absolute Gasteiger partial charge is 0.493 e. The maximum atomic E-state index is 13.3. The van der Waals surface area contributed by atoms with Gasteiger partial charge < -0.3 is 4.74 Å². The van der Waals surface area contributed by atoms with E-state index in [1.807, 2.05) is 6.07 Å². The highest BCUT2D eigenvalue weighted by molar-refractivity contribution is 5.34. The lowest BCUT2D eigenvalue weighted by molar-refractivity contribution is 0.320. The highest BCUT2D eigenvalue weighted by Gasteiger charge is 2.01. The summed E-state index contributed by atoms with van der Waals surface area (Å²) in [6, 6.07) is 15.6. The molecule has 3 heteroatoms. The van der Waals surface area contributed by atoms with Crippen LogP contribution in [0.2, 0.25) is 0 Å². The van der Waals surface area contributed by atoms with Crippen molar-refractivity contribution >= 4 is 0 Å². The van der Waals surface area contributed by atoms with Crippen LogP contribution in [0.4, 0.5) is 4.39 Å². The Labute approximate surface area is 105 Å². The van der Waals surface area contributed by atoms with Crippen LogP contribution in [0, 0.1) is 17.1 Å². The third-order valence-corrected chi connectivity index (χ3v) is 2.58. The van der Waals surface area contributed by atoms with Crippen molar-refractivity contribution in [3.63, 3.8) is 0 Å². The van der Waals surface area contributed by atoms with Gasteiger partial charge in [0.15, 0.2) is 0 Å². The summed E-state index contributed by atoms with van der Waals surface area (Å²) in [4.78, 5) is 0. The number of nitrogens with zero attached hydrogens (tertiary/aromatic N) is 1. The maximum absolute atomic E-state index is 13.3. The van der Waals surface area contributed by atoms with Crippen molar-refractivity contribution in [2.75, 3.05) is 6.61 Å². The van der Waals surface area contributed by atoms with Crippen LogP contribution in [-0.2, 0) is 6.42 Å². The second-order valence-corrected chi connectivity index (χ2v) is 3.83. The minimum atomic E-state index is -0.207. The average Bonchev–Trinajstić information content (AvgIpc) is 2.42. The Kier molecular flexibility index (Phi) is 3.93. The van der Waals surface area contributed by atoms with Gasteiger partial charge in [0.25, 0.3) is 0 Å². The van der Waals surface area contributed by atoms with Crippen molar-refractivity contribution in [1.29, 1.82) is 5.26 Å². The maximum Gasteiger partial charge on any atom is 0.126 e. The van der Waals surface area contributed by atoms with E-state index in [4.69, 9.17) is 10.00 Å². The molecule has 0 atom stereocenters. The van der Waals surface area contributed by atoms with Gasteiger partial charge in [-0.05, 0) is 35.9 Å². The van der Waals surface area contributed by atoms with Crippen molar-refractivity contribution in [3.8, 4) is 11.8 Å². The molecule has 90 valence electrons. The summed E-state index contributed by atoms with van der Waals surface area (Å²) in [5, 5.41) is 8.65. The van der Waals surface area contributed by atoms with Gasteiger partial charge in [0.1, 0.15) is 11.6 Å². The first-order valence-electron chi connectivity index (χ1n) is 5.66. The van der Waals surface area contributed by atoms with Gasteiger partial charge in [0, 0.05) is 6.42 Å². The molecule has 0 aliphatic carbocycles. The summed E-state index contributed by atoms with van der Waals surface area (Å²) in [7, 11) is 0. The van der Waals surface area contributed by atoms with E-state index in [2.05, 4.69) is 0 Å². The molecule has 0 aliphatic rings. The highest BCUT2D eigenvalue weighted by atomic mass is 19.1. The molecule has 0 radical (unpaired) electrons. The minimum Gasteiger partial charge on any atom is -0.493 e. The Bertz CT molecular complexity index is 557. The number of nitriles is 1. The van der Waals surface area contributed by atoms with E-state index in [-0.39, 0.29) is 5.82 Å². The molecule has 0 spiro atoms. The van der Waals surface area contributed by atoms with Crippen molar-refractivity contribution in [3.05, 3.63) is 65.5 Å². The van der Waals surface area contributed by atoms with Crippen LogP contribution in [0.25, 0.3) is 0 Å². The normalized spacial score (nSPS) is 9.78. The Hall–Kier alpha value is -2.34. The molecule has 0 aromatic heterocycles. The van der Waals surface area contributed by atoms with Gasteiger partial charge in [-0.3, -0.25) is 0 Å². The molecule has 2 rings (SSSR count). The molecule has 2 aromatic rings. The van der Waals surface area contributed by atoms with Crippen molar-refractivity contribution in [2.24, 2.45) is 0 Å². The lowest BCUT2D eigenvalue weighted by atomic mass is 10.1. The first-order valence-corrected chi connectivity index (χ1v) is 5.66. The lowest BCUT2D eigenvalue weighted by Crippen LogP contribution is -2.02. The molecular formula is C15H12FNO. The Balaban J connectivity index is 1.89. The molecule has 0 N–H and O–H groups in total. The smallest absolute Gasteiger partial charge is 0.126 e. The zero-order valence-electron chi connectivity index (χ0n) is 9.77. The highest BCUT2D eigenvalue weighted by Crippen LogP contribution is 2.13. The molecule has 2 aromatic carbocycles. The Morgan fingerprint density at radius 1 is 1.06 bits per heavy atom. The average molecular weight is 241 g/mol. The van der Waals surface area contributed by atoms with E-state index >= 15 is 0 Å². The van der Waals surface area contributed by atoms with E-state index in [0.29, 0.717) is 29.9 Å². The number of ether oxygens (including phenoxy) is 1. The van der Waals surface area contributed by atoms with Crippen LogP contribution in [0.5, 0.6) is 5.75 Å². The van der Waals surface area contributed by atoms with E-state index in [1.165, 1.54) is 6.07 Å². The number of rotatable bonds is 4. The molecule has 0 aliphatic heterocycles. The molecule has 0 unspecified atom stereocenters. The molecule has 0 fully saturated rings. The summed E-state index contributed by atoms with van der Waals surface area (Å²) >= 11 is 0. The summed E-state index contributed by atoms with van der Waals surface area (Å²) in [6.07, 6.45) is 0.521. The van der Waals surface area contributed by atoms with Crippen LogP contribution in [0.1, 0.15) is 11.1 Å². The van der Waals surface area contributed by atoms with Gasteiger partial charge in [-0.2, -0.15) is 5.26 Å². The van der Waals surface area contributed by atoms with Crippen LogP contribution in [-0.4, -0.2) is 6.61 Å². The van der Waals surface area contributed by atoms with Crippen molar-refractivity contribution < 1.29 is 9.13 Å². The van der Waals surface area contributed by atoms with Gasteiger partial charge in [-0.15, -0.1) is 0 Å². The second kappa shape index (κ2) is 5.83. The standard InChI is InChI=1S/C15H12FNO/c16-15-4-2-1-3-13(15)9-10-18-14-7-5-12(11-17)6-8-14/h1-8H,9-10H2. The number of hydrogen-bond acceptors (Lipinski definition) is 2. The fourth-order valence-electron chi connectivity index (χ4n) is 1.61. The van der Waals surface area contributed by atoms with Gasteiger partial charge in [-0.25, -0.2) is 4.39 Å². The fraction of sp³-hybridized carbons (Fsp3) is 0.133. The quantitative estimate of drug-likeness (QED) is 0.822. The molecule has 0 amide bonds. The second-order valence-electron chi connectivity index (χ2n) is 3.83. The lowest BCUT2D eigenvalue weighted by Gasteiger charge is -2.06. The molecule has 2 nitrogen and oxygen atoms in total. The van der Waals surface area contributed by atoms with Crippen LogP contribution in [0.3, 0.4) is 0 Å². The van der Waals surface area contributed by atoms with Gasteiger partial charge >= 0.3 is 0 Å². The van der Waals surface area contributed by atoms with E-state index in [9.17, 15) is 4.39 Å². The van der Waals surface area contributed by atoms with Crippen LogP contribution >= 0.6 is 0 Å². The fourth-order valence-corrected chi connectivity index (χ4v) is 1.61. The Morgan fingerprint density at radius 2 is 1.78 bits per heavy atom. The topological polar surface area (TPSA) is 33.0 Å². The minimum absolute atomic E-state index is 0.207. The predicted octanol–water partition coefficient (Wildman–Crippen LogP) is 3.32. The molecular weight excluding hydrogens is 229 g/mol. The number of hydrogen-bond donors (Lipinski definition) is 0. The van der Waals surface area contributed by atoms with E-state index in [1.54, 1.807) is 42.5 Å². The zero-order valence-corrected chi connectivity index (χ0v) is 9.77. The monoisotopic (exact) mass is 241 g/mol. The van der Waals surface area contributed by atoms with Gasteiger partial charge in [0.2, 0.25) is 0 Å². The van der Waals surface area contributed by atoms with Crippen LogP contribution in [0.15, 0.2) is 48.5 Å². The van der Waals surface area contributed by atoms with Crippen molar-refractivity contribution in [2.45, 2.75) is 6.42 Å².